The van der Waals surface area contributed by atoms with Gasteiger partial charge in [-0.15, -0.1) is 0 Å². The van der Waals surface area contributed by atoms with Crippen LogP contribution in [0.1, 0.15) is 96.8 Å². The van der Waals surface area contributed by atoms with Crippen molar-refractivity contribution in [1.82, 2.24) is 0 Å². The van der Waals surface area contributed by atoms with E-state index in [4.69, 9.17) is 16.2 Å². The highest BCUT2D eigenvalue weighted by Crippen LogP contribution is 2.11. The topological polar surface area (TPSA) is 122 Å². The Balaban J connectivity index is 3.69. The van der Waals surface area contributed by atoms with Crippen molar-refractivity contribution in [3.05, 3.63) is 0 Å². The van der Waals surface area contributed by atoms with Crippen molar-refractivity contribution in [2.24, 2.45) is 11.5 Å². The van der Waals surface area contributed by atoms with E-state index < -0.39 is 24.1 Å². The molecule has 0 aromatic rings. The number of esters is 3. The average Bonchev–Trinajstić information content (AvgIpc) is 2.63. The zero-order chi connectivity index (χ0) is 20.3. The Labute approximate surface area is 163 Å². The second kappa shape index (κ2) is 17.9. The molecule has 0 saturated carbocycles. The Hall–Kier alpha value is -1.47. The summed E-state index contributed by atoms with van der Waals surface area (Å²) in [6.07, 6.45) is 12.3. The van der Waals surface area contributed by atoms with Gasteiger partial charge in [-0.3, -0.25) is 10.5 Å². The Kier molecular flexibility index (Phi) is 16.9. The van der Waals surface area contributed by atoms with Crippen LogP contribution in [0.25, 0.3) is 0 Å². The molecule has 7 heteroatoms. The molecule has 0 aliphatic heterocycles. The minimum absolute atomic E-state index is 0.125. The van der Waals surface area contributed by atoms with Crippen LogP contribution in [0.15, 0.2) is 0 Å². The molecule has 0 aromatic heterocycles. The van der Waals surface area contributed by atoms with Crippen LogP contribution in [0.5, 0.6) is 0 Å². The number of carbonyl (C=O) groups is 3. The van der Waals surface area contributed by atoms with Crippen LogP contribution in [0, 0.1) is 0 Å². The van der Waals surface area contributed by atoms with Gasteiger partial charge in [-0.2, -0.15) is 0 Å². The van der Waals surface area contributed by atoms with Crippen molar-refractivity contribution in [2.45, 2.75) is 103 Å². The number of rotatable bonds is 16. The summed E-state index contributed by atoms with van der Waals surface area (Å²) in [5.41, 5.74) is 11.0. The number of hydrogen-bond acceptors (Lipinski definition) is 7. The lowest BCUT2D eigenvalue weighted by molar-refractivity contribution is -0.176. The molecule has 27 heavy (non-hydrogen) atoms. The van der Waals surface area contributed by atoms with Gasteiger partial charge in [-0.1, -0.05) is 64.7 Å². The predicted molar refractivity (Wildman–Crippen MR) is 105 cm³/mol. The average molecular weight is 387 g/mol. The third kappa shape index (κ3) is 16.4. The first-order chi connectivity index (χ1) is 13.0. The van der Waals surface area contributed by atoms with E-state index in [-0.39, 0.29) is 6.42 Å². The molecule has 0 fully saturated rings. The van der Waals surface area contributed by atoms with Gasteiger partial charge < -0.3 is 15.2 Å². The molecule has 0 heterocycles. The van der Waals surface area contributed by atoms with Gasteiger partial charge in [-0.25, -0.2) is 9.59 Å². The van der Waals surface area contributed by atoms with Gasteiger partial charge in [0, 0.05) is 6.42 Å². The third-order valence-corrected chi connectivity index (χ3v) is 4.31. The number of nitrogens with two attached hydrogens (primary N) is 2. The molecule has 0 aliphatic carbocycles. The largest absolute Gasteiger partial charge is 0.438 e. The number of hydrogen-bond donors (Lipinski definition) is 2. The van der Waals surface area contributed by atoms with Crippen molar-refractivity contribution in [3.8, 4) is 0 Å². The van der Waals surface area contributed by atoms with E-state index in [9.17, 15) is 14.4 Å². The Morgan fingerprint density at radius 1 is 0.778 bits per heavy atom. The van der Waals surface area contributed by atoms with Gasteiger partial charge in [0.05, 0.1) is 0 Å². The summed E-state index contributed by atoms with van der Waals surface area (Å²) >= 11 is 0. The van der Waals surface area contributed by atoms with E-state index in [1.165, 1.54) is 32.1 Å². The van der Waals surface area contributed by atoms with Crippen molar-refractivity contribution in [1.29, 1.82) is 0 Å². The maximum absolute atomic E-state index is 11.6. The summed E-state index contributed by atoms with van der Waals surface area (Å²) in [5, 5.41) is 0. The van der Waals surface area contributed by atoms with Gasteiger partial charge in [0.1, 0.15) is 0 Å². The van der Waals surface area contributed by atoms with Gasteiger partial charge in [0.15, 0.2) is 6.23 Å². The lowest BCUT2D eigenvalue weighted by Crippen LogP contribution is -2.32. The minimum atomic E-state index is -1.30. The SMILES string of the molecule is CCCCCCCCCCCC(=O)OC(=O)C(=O)OC(N)CCCCCN. The summed E-state index contributed by atoms with van der Waals surface area (Å²) in [5.74, 6) is -3.22. The normalized spacial score (nSPS) is 11.8. The molecule has 1 atom stereocenters. The highest BCUT2D eigenvalue weighted by Gasteiger charge is 2.23. The van der Waals surface area contributed by atoms with E-state index in [1.54, 1.807) is 0 Å². The van der Waals surface area contributed by atoms with E-state index >= 15 is 0 Å². The van der Waals surface area contributed by atoms with Crippen molar-refractivity contribution in [2.75, 3.05) is 6.54 Å². The van der Waals surface area contributed by atoms with Crippen LogP contribution in [0.4, 0.5) is 0 Å². The number of ether oxygens (including phenoxy) is 2. The Bertz CT molecular complexity index is 415. The van der Waals surface area contributed by atoms with Gasteiger partial charge in [-0.05, 0) is 32.2 Å². The number of carbonyl (C=O) groups excluding carboxylic acids is 3. The highest BCUT2D eigenvalue weighted by molar-refractivity contribution is 6.31. The fourth-order valence-electron chi connectivity index (χ4n) is 2.69. The summed E-state index contributed by atoms with van der Waals surface area (Å²) in [4.78, 5) is 34.7. The number of unbranched alkanes of at least 4 members (excludes halogenated alkanes) is 10. The molecule has 158 valence electrons. The molecule has 0 radical (unpaired) electrons. The van der Waals surface area contributed by atoms with Crippen molar-refractivity contribution >= 4 is 17.9 Å². The molecule has 0 aromatic carbocycles. The Morgan fingerprint density at radius 3 is 1.93 bits per heavy atom. The molecule has 0 aliphatic rings. The van der Waals surface area contributed by atoms with Crippen LogP contribution in [-0.4, -0.2) is 30.7 Å². The monoisotopic (exact) mass is 386 g/mol. The minimum Gasteiger partial charge on any atom is -0.438 e. The lowest BCUT2D eigenvalue weighted by atomic mass is 10.1. The van der Waals surface area contributed by atoms with E-state index in [0.717, 1.165) is 38.5 Å². The maximum atomic E-state index is 11.6. The molecular weight excluding hydrogens is 348 g/mol. The molecule has 0 spiro atoms. The maximum Gasteiger partial charge on any atom is 0.425 e. The summed E-state index contributed by atoms with van der Waals surface area (Å²) in [7, 11) is 0. The zero-order valence-corrected chi connectivity index (χ0v) is 16.9. The fourth-order valence-corrected chi connectivity index (χ4v) is 2.69. The van der Waals surface area contributed by atoms with Gasteiger partial charge >= 0.3 is 17.9 Å². The van der Waals surface area contributed by atoms with Crippen molar-refractivity contribution < 1.29 is 23.9 Å². The van der Waals surface area contributed by atoms with Crippen LogP contribution < -0.4 is 11.5 Å². The summed E-state index contributed by atoms with van der Waals surface area (Å²) in [6, 6.07) is 0. The van der Waals surface area contributed by atoms with Gasteiger partial charge in [0.25, 0.3) is 0 Å². The molecule has 0 bridgehead atoms. The lowest BCUT2D eigenvalue weighted by Gasteiger charge is -2.12. The molecule has 7 nitrogen and oxygen atoms in total. The second-order valence-electron chi connectivity index (χ2n) is 6.92. The molecule has 0 amide bonds. The molecule has 4 N–H and O–H groups in total. The first-order valence-corrected chi connectivity index (χ1v) is 10.4. The van der Waals surface area contributed by atoms with Crippen LogP contribution >= 0.6 is 0 Å². The molecule has 0 saturated heterocycles. The van der Waals surface area contributed by atoms with Gasteiger partial charge in [0.2, 0.25) is 0 Å². The fraction of sp³-hybridized carbons (Fsp3) is 0.850. The summed E-state index contributed by atoms with van der Waals surface area (Å²) in [6.45, 7) is 2.80. The van der Waals surface area contributed by atoms with E-state index in [0.29, 0.717) is 19.4 Å². The first kappa shape index (κ1) is 25.5. The molecule has 0 rings (SSSR count). The van der Waals surface area contributed by atoms with Crippen molar-refractivity contribution in [3.63, 3.8) is 0 Å². The third-order valence-electron chi connectivity index (χ3n) is 4.31. The predicted octanol–water partition coefficient (Wildman–Crippen LogP) is 3.32. The van der Waals surface area contributed by atoms with Crippen LogP contribution in [0.3, 0.4) is 0 Å². The van der Waals surface area contributed by atoms with E-state index in [2.05, 4.69) is 11.7 Å². The quantitative estimate of drug-likeness (QED) is 0.137. The summed E-state index contributed by atoms with van der Waals surface area (Å²) < 4.78 is 9.28. The molecule has 1 unspecified atom stereocenters. The Morgan fingerprint density at radius 2 is 1.33 bits per heavy atom. The smallest absolute Gasteiger partial charge is 0.425 e. The second-order valence-corrected chi connectivity index (χ2v) is 6.92. The van der Waals surface area contributed by atoms with E-state index in [1.807, 2.05) is 0 Å². The van der Waals surface area contributed by atoms with Crippen LogP contribution in [0.2, 0.25) is 0 Å². The molecular formula is C20H38N2O5. The highest BCUT2D eigenvalue weighted by atomic mass is 16.6. The van der Waals surface area contributed by atoms with Crippen LogP contribution in [-0.2, 0) is 23.9 Å². The first-order valence-electron chi connectivity index (χ1n) is 10.4. The zero-order valence-electron chi connectivity index (χ0n) is 16.9. The standard InChI is InChI=1S/C20H38N2O5/c1-2-3-4-5-6-7-8-9-12-15-18(23)27-20(25)19(24)26-17(22)14-11-10-13-16-21/h17H,2-16,21-22H2,1H3.